The summed E-state index contributed by atoms with van der Waals surface area (Å²) in [5.74, 6) is -9.20. The maximum Gasteiger partial charge on any atom is 0.402 e. The van der Waals surface area contributed by atoms with Crippen molar-refractivity contribution in [2.75, 3.05) is 7.05 Å². The van der Waals surface area contributed by atoms with Gasteiger partial charge in [0.15, 0.2) is 5.92 Å². The van der Waals surface area contributed by atoms with Gasteiger partial charge in [0.1, 0.15) is 17.5 Å². The van der Waals surface area contributed by atoms with Crippen LogP contribution in [-0.4, -0.2) is 19.4 Å². The van der Waals surface area contributed by atoms with Crippen molar-refractivity contribution in [2.24, 2.45) is 5.92 Å². The number of benzene rings is 1. The normalized spacial score (nSPS) is 14.6. The van der Waals surface area contributed by atoms with Crippen LogP contribution in [0.5, 0.6) is 0 Å². The lowest BCUT2D eigenvalue weighted by Gasteiger charge is -2.31. The summed E-state index contributed by atoms with van der Waals surface area (Å²) in [6.45, 7) is 0. The molecule has 1 rings (SSSR count). The summed E-state index contributed by atoms with van der Waals surface area (Å²) in [6.07, 6.45) is -11.6. The zero-order valence-electron chi connectivity index (χ0n) is 10.2. The van der Waals surface area contributed by atoms with Crippen molar-refractivity contribution in [1.82, 2.24) is 5.32 Å². The van der Waals surface area contributed by atoms with Crippen molar-refractivity contribution in [3.05, 3.63) is 35.1 Å². The van der Waals surface area contributed by atoms with E-state index in [1.807, 2.05) is 0 Å². The van der Waals surface area contributed by atoms with Crippen LogP contribution in [0.2, 0.25) is 0 Å². The molecule has 21 heavy (non-hydrogen) atoms. The van der Waals surface area contributed by atoms with E-state index >= 15 is 0 Å². The summed E-state index contributed by atoms with van der Waals surface area (Å²) in [4.78, 5) is 0. The number of hydrogen-bond donors (Lipinski definition) is 1. The minimum absolute atomic E-state index is 0.00651. The molecular formula is C11H8F9N. The van der Waals surface area contributed by atoms with E-state index in [9.17, 15) is 39.5 Å². The number of nitrogens with one attached hydrogen (secondary N) is 1. The largest absolute Gasteiger partial charge is 0.402 e. The van der Waals surface area contributed by atoms with Crippen LogP contribution < -0.4 is 5.32 Å². The minimum atomic E-state index is -5.81. The smallest absolute Gasteiger partial charge is 0.312 e. The third-order valence-electron chi connectivity index (χ3n) is 2.70. The van der Waals surface area contributed by atoms with Gasteiger partial charge in [0.2, 0.25) is 0 Å². The molecule has 1 nitrogen and oxygen atoms in total. The second-order valence-corrected chi connectivity index (χ2v) is 4.11. The van der Waals surface area contributed by atoms with E-state index in [1.165, 1.54) is 0 Å². The van der Waals surface area contributed by atoms with Crippen molar-refractivity contribution in [1.29, 1.82) is 0 Å². The monoisotopic (exact) mass is 325 g/mol. The zero-order valence-corrected chi connectivity index (χ0v) is 10.2. The van der Waals surface area contributed by atoms with Crippen LogP contribution >= 0.6 is 0 Å². The van der Waals surface area contributed by atoms with E-state index in [0.29, 0.717) is 7.05 Å². The highest BCUT2D eigenvalue weighted by Crippen LogP contribution is 2.47. The molecule has 0 amide bonds. The Morgan fingerprint density at radius 3 is 1.52 bits per heavy atom. The Hall–Kier alpha value is -1.45. The zero-order chi connectivity index (χ0) is 16.6. The molecule has 0 fully saturated rings. The van der Waals surface area contributed by atoms with Crippen molar-refractivity contribution in [3.8, 4) is 0 Å². The molecule has 1 aromatic rings. The van der Waals surface area contributed by atoms with E-state index in [4.69, 9.17) is 0 Å². The van der Waals surface area contributed by atoms with E-state index in [0.717, 1.165) is 0 Å². The van der Waals surface area contributed by atoms with Gasteiger partial charge in [-0.3, -0.25) is 0 Å². The molecule has 1 atom stereocenters. The highest BCUT2D eigenvalue weighted by molar-refractivity contribution is 5.25. The first-order chi connectivity index (χ1) is 9.39. The van der Waals surface area contributed by atoms with Crippen molar-refractivity contribution in [2.45, 2.75) is 18.4 Å². The molecule has 1 unspecified atom stereocenters. The molecule has 0 saturated heterocycles. The van der Waals surface area contributed by atoms with Gasteiger partial charge < -0.3 is 5.32 Å². The lowest BCUT2D eigenvalue weighted by Crippen LogP contribution is -2.45. The summed E-state index contributed by atoms with van der Waals surface area (Å²) in [5.41, 5.74) is -1.53. The van der Waals surface area contributed by atoms with E-state index in [1.54, 1.807) is 5.32 Å². The Balaban J connectivity index is 3.48. The van der Waals surface area contributed by atoms with Crippen molar-refractivity contribution < 1.29 is 39.5 Å². The maximum atomic E-state index is 13.4. The van der Waals surface area contributed by atoms with Gasteiger partial charge in [-0.1, -0.05) is 0 Å². The van der Waals surface area contributed by atoms with E-state index < -0.39 is 47.3 Å². The Morgan fingerprint density at radius 2 is 1.24 bits per heavy atom. The topological polar surface area (TPSA) is 12.0 Å². The first kappa shape index (κ1) is 17.6. The third kappa shape index (κ3) is 3.80. The van der Waals surface area contributed by atoms with E-state index in [-0.39, 0.29) is 12.1 Å². The molecule has 0 heterocycles. The fraction of sp³-hybridized carbons (Fsp3) is 0.455. The number of hydrogen-bond acceptors (Lipinski definition) is 1. The summed E-state index contributed by atoms with van der Waals surface area (Å²) in [7, 11) is 0.678. The number of rotatable bonds is 3. The predicted molar refractivity (Wildman–Crippen MR) is 53.7 cm³/mol. The molecule has 0 aromatic heterocycles. The second kappa shape index (κ2) is 5.74. The fourth-order valence-corrected chi connectivity index (χ4v) is 1.89. The number of alkyl halides is 6. The molecule has 0 aliphatic heterocycles. The predicted octanol–water partition coefficient (Wildman–Crippen LogP) is 4.11. The highest BCUT2D eigenvalue weighted by atomic mass is 19.4. The lowest BCUT2D eigenvalue weighted by atomic mass is 9.91. The molecule has 0 aliphatic carbocycles. The van der Waals surface area contributed by atoms with Crippen LogP contribution in [0, 0.1) is 23.4 Å². The molecule has 0 bridgehead atoms. The standard InChI is InChI=1S/C11H8F9N/c1-21-8(9(10(15,16)17)11(18,19)20)7-5(13)2-4(12)3-6(7)14/h2-3,8-9,21H,1H3. The van der Waals surface area contributed by atoms with Gasteiger partial charge in [0.05, 0.1) is 6.04 Å². The Bertz CT molecular complexity index is 468. The average Bonchev–Trinajstić information content (AvgIpc) is 2.22. The first-order valence-electron chi connectivity index (χ1n) is 5.34. The second-order valence-electron chi connectivity index (χ2n) is 4.11. The molecule has 10 heteroatoms. The van der Waals surface area contributed by atoms with Gasteiger partial charge in [0.25, 0.3) is 0 Å². The van der Waals surface area contributed by atoms with Crippen LogP contribution in [0.25, 0.3) is 0 Å². The molecule has 0 spiro atoms. The Kier molecular flexibility index (Phi) is 4.81. The Morgan fingerprint density at radius 1 is 0.857 bits per heavy atom. The number of halogens is 9. The molecule has 0 radical (unpaired) electrons. The first-order valence-corrected chi connectivity index (χ1v) is 5.34. The molecular weight excluding hydrogens is 317 g/mol. The maximum absolute atomic E-state index is 13.4. The molecule has 0 aliphatic rings. The third-order valence-corrected chi connectivity index (χ3v) is 2.70. The molecule has 1 aromatic carbocycles. The van der Waals surface area contributed by atoms with Gasteiger partial charge in [-0.2, -0.15) is 26.3 Å². The Labute approximate surface area is 112 Å². The average molecular weight is 325 g/mol. The van der Waals surface area contributed by atoms with Gasteiger partial charge >= 0.3 is 12.4 Å². The van der Waals surface area contributed by atoms with Crippen molar-refractivity contribution in [3.63, 3.8) is 0 Å². The fourth-order valence-electron chi connectivity index (χ4n) is 1.89. The lowest BCUT2D eigenvalue weighted by molar-refractivity contribution is -0.292. The van der Waals surface area contributed by atoms with Gasteiger partial charge in [-0.25, -0.2) is 13.2 Å². The van der Waals surface area contributed by atoms with Crippen LogP contribution in [0.4, 0.5) is 39.5 Å². The summed E-state index contributed by atoms with van der Waals surface area (Å²) < 4.78 is 115. The SMILES string of the molecule is CNC(c1c(F)cc(F)cc1F)C(C(F)(F)F)C(F)(F)F. The summed E-state index contributed by atoms with van der Waals surface area (Å²) in [5, 5.41) is 1.59. The quantitative estimate of drug-likeness (QED) is 0.825. The van der Waals surface area contributed by atoms with Gasteiger partial charge in [0, 0.05) is 17.7 Å². The minimum Gasteiger partial charge on any atom is -0.312 e. The van der Waals surface area contributed by atoms with Crippen LogP contribution in [0.1, 0.15) is 11.6 Å². The molecule has 120 valence electrons. The van der Waals surface area contributed by atoms with Crippen LogP contribution in [0.15, 0.2) is 12.1 Å². The van der Waals surface area contributed by atoms with Gasteiger partial charge in [-0.05, 0) is 7.05 Å². The molecule has 1 N–H and O–H groups in total. The van der Waals surface area contributed by atoms with E-state index in [2.05, 4.69) is 0 Å². The molecule has 0 saturated carbocycles. The highest BCUT2D eigenvalue weighted by Gasteiger charge is 2.61. The van der Waals surface area contributed by atoms with Crippen molar-refractivity contribution >= 4 is 0 Å². The summed E-state index contributed by atoms with van der Waals surface area (Å²) >= 11 is 0. The van der Waals surface area contributed by atoms with Gasteiger partial charge in [-0.15, -0.1) is 0 Å². The van der Waals surface area contributed by atoms with Crippen LogP contribution in [0.3, 0.4) is 0 Å². The summed E-state index contributed by atoms with van der Waals surface area (Å²) in [6, 6.07) is -2.77. The van der Waals surface area contributed by atoms with Crippen LogP contribution in [-0.2, 0) is 0 Å².